The molecule has 1 nitrogen and oxygen atoms in total. The maximum absolute atomic E-state index is 9.65. The molecule has 0 N–H and O–H groups in total. The molecule has 11 rings (SSSR count). The van der Waals surface area contributed by atoms with Crippen LogP contribution < -0.4 is 4.90 Å². The average Bonchev–Trinajstić information content (AvgIpc) is 3.39. The first-order valence-corrected chi connectivity index (χ1v) is 21.3. The van der Waals surface area contributed by atoms with Crippen LogP contribution in [-0.2, 0) is 0 Å². The van der Waals surface area contributed by atoms with Gasteiger partial charge in [-0.1, -0.05) is 206 Å². The molecule has 0 unspecified atom stereocenters. The average molecular weight is 806 g/mol. The zero-order valence-electron chi connectivity index (χ0n) is 38.5. The van der Waals surface area contributed by atoms with Gasteiger partial charge in [-0.3, -0.25) is 0 Å². The molecule has 0 spiro atoms. The maximum Gasteiger partial charge on any atom is 0.0645 e. The normalized spacial score (nSPS) is 12.1. The molecule has 0 amide bonds. The lowest BCUT2D eigenvalue weighted by molar-refractivity contribution is 1.28. The summed E-state index contributed by atoms with van der Waals surface area (Å²) in [6, 6.07) is 80.3. The number of nitrogens with zero attached hydrogens (tertiary/aromatic N) is 1. The van der Waals surface area contributed by atoms with Crippen molar-refractivity contribution >= 4 is 38.6 Å². The van der Waals surface area contributed by atoms with Crippen molar-refractivity contribution in [3.63, 3.8) is 0 Å². The number of hydrogen-bond donors (Lipinski definition) is 0. The van der Waals surface area contributed by atoms with E-state index in [0.29, 0.717) is 16.9 Å². The highest BCUT2D eigenvalue weighted by Crippen LogP contribution is 2.42. The first kappa shape index (κ1) is 33.5. The lowest BCUT2D eigenvalue weighted by Crippen LogP contribution is -2.09. The Morgan fingerprint density at radius 3 is 1.35 bits per heavy atom. The number of rotatable bonds is 9. The van der Waals surface area contributed by atoms with Crippen molar-refractivity contribution in [2.75, 3.05) is 4.90 Å². The predicted octanol–water partition coefficient (Wildman–Crippen LogP) is 17.5. The van der Waals surface area contributed by atoms with Gasteiger partial charge in [0.1, 0.15) is 0 Å². The molecule has 0 aromatic heterocycles. The Morgan fingerprint density at radius 2 is 0.698 bits per heavy atom. The SMILES string of the molecule is [2H]c1c([2H])c(N(c2ccc(-c3cccc(-c4ccc5ccccc5c4)c3)cc2)c2ccc(-c3ccc4ccccc4c3-c3ccccc3)cc2)c([2H])c([2H])c1-c1cccc(-c2ccccc2)c1. The molecule has 0 saturated carbocycles. The fourth-order valence-electron chi connectivity index (χ4n) is 8.72. The summed E-state index contributed by atoms with van der Waals surface area (Å²) in [7, 11) is 0. The number of fused-ring (bicyclic) bond motifs is 2. The van der Waals surface area contributed by atoms with Crippen LogP contribution in [0.3, 0.4) is 0 Å². The Kier molecular flexibility index (Phi) is 8.84. The monoisotopic (exact) mass is 805 g/mol. The van der Waals surface area contributed by atoms with Crippen molar-refractivity contribution in [2.45, 2.75) is 0 Å². The van der Waals surface area contributed by atoms with E-state index in [1.165, 1.54) is 10.8 Å². The minimum absolute atomic E-state index is 0.103. The topological polar surface area (TPSA) is 3.24 Å². The highest BCUT2D eigenvalue weighted by atomic mass is 15.1. The van der Waals surface area contributed by atoms with Gasteiger partial charge in [0, 0.05) is 17.1 Å². The van der Waals surface area contributed by atoms with Crippen LogP contribution in [0.1, 0.15) is 5.48 Å². The van der Waals surface area contributed by atoms with E-state index in [1.807, 2.05) is 89.8 Å². The molecule has 0 heterocycles. The van der Waals surface area contributed by atoms with Crippen LogP contribution in [0.4, 0.5) is 17.1 Å². The van der Waals surface area contributed by atoms with E-state index in [9.17, 15) is 5.48 Å². The third kappa shape index (κ3) is 7.58. The molecule has 0 fully saturated rings. The summed E-state index contributed by atoms with van der Waals surface area (Å²) < 4.78 is 38.3. The summed E-state index contributed by atoms with van der Waals surface area (Å²) in [6.07, 6.45) is 0. The van der Waals surface area contributed by atoms with Crippen molar-refractivity contribution < 1.29 is 5.48 Å². The molecular weight excluding hydrogens is 759 g/mol. The van der Waals surface area contributed by atoms with E-state index in [2.05, 4.69) is 152 Å². The maximum atomic E-state index is 9.65. The van der Waals surface area contributed by atoms with E-state index in [-0.39, 0.29) is 35.4 Å². The van der Waals surface area contributed by atoms with Gasteiger partial charge in [-0.05, 0) is 143 Å². The summed E-state index contributed by atoms with van der Waals surface area (Å²) in [5.41, 5.74) is 13.1. The van der Waals surface area contributed by atoms with Crippen LogP contribution >= 0.6 is 0 Å². The molecule has 0 bridgehead atoms. The molecule has 63 heavy (non-hydrogen) atoms. The van der Waals surface area contributed by atoms with Crippen LogP contribution in [0, 0.1) is 0 Å². The molecule has 11 aromatic carbocycles. The molecule has 0 aliphatic heterocycles. The van der Waals surface area contributed by atoms with Gasteiger partial charge in [0.25, 0.3) is 0 Å². The van der Waals surface area contributed by atoms with Gasteiger partial charge >= 0.3 is 0 Å². The molecule has 0 atom stereocenters. The lowest BCUT2D eigenvalue weighted by atomic mass is 9.90. The van der Waals surface area contributed by atoms with Crippen LogP contribution in [0.15, 0.2) is 261 Å². The van der Waals surface area contributed by atoms with Gasteiger partial charge in [-0.15, -0.1) is 0 Å². The lowest BCUT2D eigenvalue weighted by Gasteiger charge is -2.26. The Balaban J connectivity index is 1.03. The number of hydrogen-bond acceptors (Lipinski definition) is 1. The van der Waals surface area contributed by atoms with Gasteiger partial charge in [-0.2, -0.15) is 0 Å². The van der Waals surface area contributed by atoms with Crippen LogP contribution in [0.25, 0.3) is 88.3 Å². The molecule has 11 aromatic rings. The van der Waals surface area contributed by atoms with Crippen molar-refractivity contribution in [1.29, 1.82) is 0 Å². The molecule has 0 aliphatic carbocycles. The van der Waals surface area contributed by atoms with Crippen molar-refractivity contribution in [1.82, 2.24) is 0 Å². The smallest absolute Gasteiger partial charge is 0.0645 e. The molecule has 1 heteroatoms. The van der Waals surface area contributed by atoms with Gasteiger partial charge < -0.3 is 4.90 Å². The van der Waals surface area contributed by atoms with Gasteiger partial charge in [0.2, 0.25) is 0 Å². The van der Waals surface area contributed by atoms with E-state index in [1.54, 1.807) is 0 Å². The zero-order chi connectivity index (χ0) is 45.4. The van der Waals surface area contributed by atoms with E-state index >= 15 is 0 Å². The van der Waals surface area contributed by atoms with Gasteiger partial charge in [0.05, 0.1) is 5.48 Å². The standard InChI is InChI=1S/C62H43N/c1-3-13-44(14-4-1)52-20-11-21-53(41-52)46-27-34-57(35-28-46)63(58-36-29-47(30-37-58)54-22-12-23-55(42-54)56-26-25-45-15-7-8-19-51(45)43-56)59-38-31-49(32-39-59)61-40-33-48-16-9-10-24-60(48)62(61)50-17-5-2-6-18-50/h1-43H/i27D,28D,34D,35D. The third-order valence-electron chi connectivity index (χ3n) is 11.9. The summed E-state index contributed by atoms with van der Waals surface area (Å²) in [6.45, 7) is 0. The highest BCUT2D eigenvalue weighted by molar-refractivity contribution is 6.04. The Bertz CT molecular complexity index is 3580. The highest BCUT2D eigenvalue weighted by Gasteiger charge is 2.16. The summed E-state index contributed by atoms with van der Waals surface area (Å²) in [4.78, 5) is 1.86. The fraction of sp³-hybridized carbons (Fsp3) is 0. The quantitative estimate of drug-likeness (QED) is 0.140. The third-order valence-corrected chi connectivity index (χ3v) is 11.9. The summed E-state index contributed by atoms with van der Waals surface area (Å²) in [5.74, 6) is 0. The largest absolute Gasteiger partial charge is 0.311 e. The Hall–Kier alpha value is -8.26. The van der Waals surface area contributed by atoms with Gasteiger partial charge in [0.15, 0.2) is 0 Å². The second-order valence-corrected chi connectivity index (χ2v) is 15.8. The molecular formula is C62H43N. The second-order valence-electron chi connectivity index (χ2n) is 15.8. The summed E-state index contributed by atoms with van der Waals surface area (Å²) in [5, 5.41) is 4.73. The Morgan fingerprint density at radius 1 is 0.254 bits per heavy atom. The van der Waals surface area contributed by atoms with Gasteiger partial charge in [-0.25, -0.2) is 0 Å². The second kappa shape index (κ2) is 16.7. The van der Waals surface area contributed by atoms with Crippen molar-refractivity contribution in [3.8, 4) is 66.8 Å². The molecule has 0 saturated heterocycles. The van der Waals surface area contributed by atoms with Crippen LogP contribution in [0.5, 0.6) is 0 Å². The molecule has 0 radical (unpaired) electrons. The summed E-state index contributed by atoms with van der Waals surface area (Å²) >= 11 is 0. The van der Waals surface area contributed by atoms with E-state index in [4.69, 9.17) is 0 Å². The molecule has 296 valence electrons. The van der Waals surface area contributed by atoms with Crippen LogP contribution in [-0.4, -0.2) is 0 Å². The Labute approximate surface area is 375 Å². The van der Waals surface area contributed by atoms with E-state index in [0.717, 1.165) is 66.4 Å². The first-order chi connectivity index (χ1) is 32.9. The predicted molar refractivity (Wildman–Crippen MR) is 269 cm³/mol. The zero-order valence-corrected chi connectivity index (χ0v) is 34.5. The van der Waals surface area contributed by atoms with Crippen molar-refractivity contribution in [2.24, 2.45) is 0 Å². The van der Waals surface area contributed by atoms with E-state index < -0.39 is 0 Å². The number of benzene rings is 11. The minimum atomic E-state index is -0.127. The number of anilines is 3. The fourth-order valence-corrected chi connectivity index (χ4v) is 8.72. The molecule has 0 aliphatic rings. The minimum Gasteiger partial charge on any atom is -0.311 e. The van der Waals surface area contributed by atoms with Crippen LogP contribution in [0.2, 0.25) is 0 Å². The first-order valence-electron chi connectivity index (χ1n) is 23.3. The van der Waals surface area contributed by atoms with Crippen molar-refractivity contribution in [3.05, 3.63) is 261 Å².